The van der Waals surface area contributed by atoms with Crippen LogP contribution in [-0.2, 0) is 9.59 Å². The van der Waals surface area contributed by atoms with E-state index < -0.39 is 12.0 Å². The molecule has 0 radical (unpaired) electrons. The third-order valence-corrected chi connectivity index (χ3v) is 1.96. The summed E-state index contributed by atoms with van der Waals surface area (Å²) < 4.78 is 0. The quantitative estimate of drug-likeness (QED) is 0.472. The molecular formula is C7H7NO3. The van der Waals surface area contributed by atoms with Gasteiger partial charge in [0.05, 0.1) is 0 Å². The molecule has 58 valence electrons. The van der Waals surface area contributed by atoms with Crippen LogP contribution in [0.4, 0.5) is 0 Å². The Hall–Kier alpha value is -1.16. The molecule has 4 heteroatoms. The van der Waals surface area contributed by atoms with E-state index >= 15 is 0 Å². The van der Waals surface area contributed by atoms with Gasteiger partial charge in [-0.05, 0) is 0 Å². The van der Waals surface area contributed by atoms with Crippen LogP contribution >= 0.6 is 0 Å². The van der Waals surface area contributed by atoms with Crippen LogP contribution in [0.1, 0.15) is 12.8 Å². The first-order valence-electron chi connectivity index (χ1n) is 3.44. The first-order valence-corrected chi connectivity index (χ1v) is 3.44. The minimum absolute atomic E-state index is 0.221. The van der Waals surface area contributed by atoms with Crippen molar-refractivity contribution < 1.29 is 14.7 Å². The van der Waals surface area contributed by atoms with Gasteiger partial charge in [-0.2, -0.15) is 0 Å². The van der Waals surface area contributed by atoms with Crippen LogP contribution in [0.5, 0.6) is 0 Å². The standard InChI is InChI=1S/C7H7NO3/c9-5-3-4-1-2-6(10)8(4)7(5)11/h1,5,9H,2-3H2. The highest BCUT2D eigenvalue weighted by Crippen LogP contribution is 2.28. The van der Waals surface area contributed by atoms with Crippen LogP contribution < -0.4 is 0 Å². The fraction of sp³-hybridized carbons (Fsp3) is 0.429. The van der Waals surface area contributed by atoms with E-state index in [0.717, 1.165) is 4.90 Å². The number of carbonyl (C=O) groups is 2. The van der Waals surface area contributed by atoms with Crippen LogP contribution in [0.25, 0.3) is 0 Å². The molecule has 1 saturated heterocycles. The second-order valence-corrected chi connectivity index (χ2v) is 2.69. The molecule has 0 bridgehead atoms. The van der Waals surface area contributed by atoms with Gasteiger partial charge in [0.15, 0.2) is 0 Å². The second kappa shape index (κ2) is 1.92. The van der Waals surface area contributed by atoms with Crippen molar-refractivity contribution in [2.45, 2.75) is 18.9 Å². The van der Waals surface area contributed by atoms with Gasteiger partial charge in [0.25, 0.3) is 5.91 Å². The number of aliphatic hydroxyl groups excluding tert-OH is 1. The summed E-state index contributed by atoms with van der Waals surface area (Å²) in [7, 11) is 0. The number of imide groups is 1. The average Bonchev–Trinajstić information content (AvgIpc) is 2.41. The maximum atomic E-state index is 11.0. The molecule has 2 heterocycles. The van der Waals surface area contributed by atoms with E-state index in [9.17, 15) is 9.59 Å². The highest BCUT2D eigenvalue weighted by atomic mass is 16.3. The number of rotatable bonds is 0. The summed E-state index contributed by atoms with van der Waals surface area (Å²) >= 11 is 0. The van der Waals surface area contributed by atoms with Gasteiger partial charge in [0.1, 0.15) is 6.10 Å². The molecule has 2 aliphatic heterocycles. The van der Waals surface area contributed by atoms with Crippen molar-refractivity contribution in [2.75, 3.05) is 0 Å². The molecule has 2 rings (SSSR count). The van der Waals surface area contributed by atoms with Crippen molar-refractivity contribution >= 4 is 11.8 Å². The minimum Gasteiger partial charge on any atom is -0.383 e. The summed E-state index contributed by atoms with van der Waals surface area (Å²) in [4.78, 5) is 23.0. The van der Waals surface area contributed by atoms with Crippen molar-refractivity contribution in [2.24, 2.45) is 0 Å². The molecule has 0 aromatic heterocycles. The number of hydrogen-bond donors (Lipinski definition) is 1. The van der Waals surface area contributed by atoms with Crippen LogP contribution in [0.3, 0.4) is 0 Å². The topological polar surface area (TPSA) is 57.6 Å². The summed E-state index contributed by atoms with van der Waals surface area (Å²) in [6, 6.07) is 0. The van der Waals surface area contributed by atoms with E-state index in [1.165, 1.54) is 0 Å². The zero-order valence-corrected chi connectivity index (χ0v) is 5.78. The van der Waals surface area contributed by atoms with Gasteiger partial charge in [0.2, 0.25) is 5.91 Å². The van der Waals surface area contributed by atoms with Crippen molar-refractivity contribution in [3.63, 3.8) is 0 Å². The highest BCUT2D eigenvalue weighted by Gasteiger charge is 2.40. The molecule has 1 atom stereocenters. The molecule has 0 saturated carbocycles. The largest absolute Gasteiger partial charge is 0.383 e. The molecule has 0 aromatic carbocycles. The lowest BCUT2D eigenvalue weighted by Gasteiger charge is -2.07. The van der Waals surface area contributed by atoms with Crippen LogP contribution in [-0.4, -0.2) is 27.9 Å². The maximum absolute atomic E-state index is 11.0. The molecule has 2 aliphatic rings. The van der Waals surface area contributed by atoms with E-state index in [-0.39, 0.29) is 5.91 Å². The smallest absolute Gasteiger partial charge is 0.262 e. The maximum Gasteiger partial charge on any atom is 0.262 e. The van der Waals surface area contributed by atoms with Gasteiger partial charge in [-0.15, -0.1) is 0 Å². The summed E-state index contributed by atoms with van der Waals surface area (Å²) in [5.41, 5.74) is 0.660. The number of fused-ring (bicyclic) bond motifs is 1. The van der Waals surface area contributed by atoms with Crippen LogP contribution in [0, 0.1) is 0 Å². The van der Waals surface area contributed by atoms with E-state index in [0.29, 0.717) is 18.5 Å². The number of hydrogen-bond acceptors (Lipinski definition) is 3. The predicted molar refractivity (Wildman–Crippen MR) is 35.2 cm³/mol. The second-order valence-electron chi connectivity index (χ2n) is 2.69. The number of carbonyl (C=O) groups excluding carboxylic acids is 2. The average molecular weight is 153 g/mol. The molecule has 1 fully saturated rings. The van der Waals surface area contributed by atoms with E-state index in [4.69, 9.17) is 5.11 Å². The highest BCUT2D eigenvalue weighted by molar-refractivity contribution is 6.04. The molecule has 0 spiro atoms. The van der Waals surface area contributed by atoms with Gasteiger partial charge < -0.3 is 5.11 Å². The lowest BCUT2D eigenvalue weighted by Crippen LogP contribution is -2.31. The normalized spacial score (nSPS) is 29.4. The number of aliphatic hydroxyl groups is 1. The third kappa shape index (κ3) is 0.728. The van der Waals surface area contributed by atoms with Gasteiger partial charge in [-0.3, -0.25) is 14.5 Å². The third-order valence-electron chi connectivity index (χ3n) is 1.96. The Morgan fingerprint density at radius 2 is 2.27 bits per heavy atom. The zero-order chi connectivity index (χ0) is 8.01. The predicted octanol–water partition coefficient (Wildman–Crippen LogP) is -0.606. The molecule has 1 unspecified atom stereocenters. The van der Waals surface area contributed by atoms with Crippen LogP contribution in [0.15, 0.2) is 11.8 Å². The van der Waals surface area contributed by atoms with Gasteiger partial charge in [-0.1, -0.05) is 6.08 Å². The summed E-state index contributed by atoms with van der Waals surface area (Å²) in [6.07, 6.45) is 1.29. The molecule has 0 aliphatic carbocycles. The minimum atomic E-state index is -0.995. The molecule has 11 heavy (non-hydrogen) atoms. The van der Waals surface area contributed by atoms with E-state index in [1.54, 1.807) is 6.08 Å². The Kier molecular flexibility index (Phi) is 1.14. The Morgan fingerprint density at radius 3 is 2.91 bits per heavy atom. The van der Waals surface area contributed by atoms with Crippen molar-refractivity contribution in [3.8, 4) is 0 Å². The zero-order valence-electron chi connectivity index (χ0n) is 5.78. The summed E-state index contributed by atoms with van der Waals surface area (Å²) in [5.74, 6) is -0.694. The van der Waals surface area contributed by atoms with Crippen LogP contribution in [0.2, 0.25) is 0 Å². The lowest BCUT2D eigenvalue weighted by atomic mass is 10.2. The molecule has 2 amide bonds. The summed E-state index contributed by atoms with van der Waals surface area (Å²) in [6.45, 7) is 0. The number of nitrogens with zero attached hydrogens (tertiary/aromatic N) is 1. The van der Waals surface area contributed by atoms with Gasteiger partial charge in [0, 0.05) is 18.5 Å². The fourth-order valence-corrected chi connectivity index (χ4v) is 1.42. The van der Waals surface area contributed by atoms with E-state index in [2.05, 4.69) is 0 Å². The lowest BCUT2D eigenvalue weighted by molar-refractivity contribution is -0.142. The summed E-state index contributed by atoms with van der Waals surface area (Å²) in [5, 5.41) is 9.04. The van der Waals surface area contributed by atoms with Gasteiger partial charge in [-0.25, -0.2) is 0 Å². The first-order chi connectivity index (χ1) is 5.20. The Balaban J connectivity index is 2.37. The molecule has 1 N–H and O–H groups in total. The van der Waals surface area contributed by atoms with Crippen molar-refractivity contribution in [1.29, 1.82) is 0 Å². The number of amides is 2. The Bertz CT molecular complexity index is 269. The van der Waals surface area contributed by atoms with Crippen molar-refractivity contribution in [1.82, 2.24) is 4.90 Å². The molecule has 4 nitrogen and oxygen atoms in total. The molecule has 0 aromatic rings. The van der Waals surface area contributed by atoms with Gasteiger partial charge >= 0.3 is 0 Å². The molecular weight excluding hydrogens is 146 g/mol. The van der Waals surface area contributed by atoms with E-state index in [1.807, 2.05) is 0 Å². The monoisotopic (exact) mass is 153 g/mol. The Labute approximate surface area is 63.1 Å². The SMILES string of the molecule is O=C1CC=C2CC(O)C(=O)N12. The first kappa shape index (κ1) is 6.54. The van der Waals surface area contributed by atoms with Crippen molar-refractivity contribution in [3.05, 3.63) is 11.8 Å². The Morgan fingerprint density at radius 1 is 1.55 bits per heavy atom. The fourth-order valence-electron chi connectivity index (χ4n) is 1.42.